The molecule has 0 aromatic heterocycles. The maximum absolute atomic E-state index is 12.2. The Bertz CT molecular complexity index is 590. The molecule has 0 saturated heterocycles. The molecule has 2 aliphatic rings. The summed E-state index contributed by atoms with van der Waals surface area (Å²) in [7, 11) is 1.67. The monoisotopic (exact) mass is 419 g/mol. The first-order chi connectivity index (χ1) is 14.5. The van der Waals surface area contributed by atoms with Crippen LogP contribution in [0.5, 0.6) is 0 Å². The van der Waals surface area contributed by atoms with Crippen LogP contribution in [0.25, 0.3) is 0 Å². The quantitative estimate of drug-likeness (QED) is 0.298. The van der Waals surface area contributed by atoms with Crippen LogP contribution in [-0.4, -0.2) is 37.9 Å². The van der Waals surface area contributed by atoms with E-state index in [4.69, 9.17) is 0 Å². The molecule has 3 N–H and O–H groups in total. The topological polar surface area (TPSA) is 87.3 Å². The molecule has 0 radical (unpaired) electrons. The summed E-state index contributed by atoms with van der Waals surface area (Å²) in [6, 6.07) is 0. The minimum atomic E-state index is -0.0786. The normalized spacial score (nSPS) is 24.9. The number of carbonyl (C=O) groups excluding carboxylic acids is 3. The second kappa shape index (κ2) is 13.5. The third-order valence-electron chi connectivity index (χ3n) is 6.89. The highest BCUT2D eigenvalue weighted by Gasteiger charge is 2.46. The summed E-state index contributed by atoms with van der Waals surface area (Å²) < 4.78 is 0. The molecule has 170 valence electrons. The fourth-order valence-corrected chi connectivity index (χ4v) is 5.19. The van der Waals surface area contributed by atoms with Gasteiger partial charge in [-0.2, -0.15) is 0 Å². The fourth-order valence-electron chi connectivity index (χ4n) is 5.19. The molecule has 30 heavy (non-hydrogen) atoms. The van der Waals surface area contributed by atoms with Crippen LogP contribution in [0.4, 0.5) is 0 Å². The van der Waals surface area contributed by atoms with Gasteiger partial charge in [0.15, 0.2) is 0 Å². The smallest absolute Gasteiger partial charge is 0.239 e. The zero-order valence-electron chi connectivity index (χ0n) is 18.9. The summed E-state index contributed by atoms with van der Waals surface area (Å²) >= 11 is 0. The van der Waals surface area contributed by atoms with Crippen molar-refractivity contribution in [2.75, 3.05) is 20.1 Å². The van der Waals surface area contributed by atoms with Crippen molar-refractivity contribution in [1.29, 1.82) is 0 Å². The van der Waals surface area contributed by atoms with Gasteiger partial charge < -0.3 is 16.0 Å². The van der Waals surface area contributed by atoms with Crippen molar-refractivity contribution in [3.05, 3.63) is 12.2 Å². The molecule has 6 nitrogen and oxygen atoms in total. The standard InChI is InChI=1S/C24H41N3O3/c1-3-4-7-12-23(29)27-17-24(30)26-16-21-19-14-13-18(15-19)20(21)10-8-5-6-9-11-22(28)25-2/h5,8,18-21H,3-4,6-7,9-17H2,1-2H3,(H,25,28)(H,26,30)(H,27,29)/b8-5-/t18-,19+,20-,21+/m1/s1. The van der Waals surface area contributed by atoms with Crippen LogP contribution in [0, 0.1) is 23.7 Å². The van der Waals surface area contributed by atoms with Gasteiger partial charge in [-0.3, -0.25) is 14.4 Å². The van der Waals surface area contributed by atoms with E-state index in [1.807, 2.05) is 0 Å². The molecule has 2 aliphatic carbocycles. The van der Waals surface area contributed by atoms with E-state index in [1.54, 1.807) is 7.05 Å². The molecule has 2 rings (SSSR count). The van der Waals surface area contributed by atoms with Gasteiger partial charge in [0.05, 0.1) is 6.54 Å². The molecule has 2 bridgehead atoms. The first kappa shape index (κ1) is 24.4. The van der Waals surface area contributed by atoms with E-state index >= 15 is 0 Å². The van der Waals surface area contributed by atoms with Crippen molar-refractivity contribution < 1.29 is 14.4 Å². The summed E-state index contributed by atoms with van der Waals surface area (Å²) in [6.45, 7) is 2.92. The third kappa shape index (κ3) is 8.11. The van der Waals surface area contributed by atoms with E-state index in [0.29, 0.717) is 24.7 Å². The Labute approximate surface area is 182 Å². The molecule has 3 amide bonds. The van der Waals surface area contributed by atoms with Crippen LogP contribution in [0.2, 0.25) is 0 Å². The molecule has 0 unspecified atom stereocenters. The predicted molar refractivity (Wildman–Crippen MR) is 120 cm³/mol. The van der Waals surface area contributed by atoms with Crippen molar-refractivity contribution in [3.63, 3.8) is 0 Å². The lowest BCUT2D eigenvalue weighted by molar-refractivity contribution is -0.126. The van der Waals surface area contributed by atoms with Gasteiger partial charge in [0.2, 0.25) is 17.7 Å². The number of amides is 3. The van der Waals surface area contributed by atoms with Gasteiger partial charge in [0.25, 0.3) is 0 Å². The van der Waals surface area contributed by atoms with E-state index in [9.17, 15) is 14.4 Å². The van der Waals surface area contributed by atoms with Crippen LogP contribution >= 0.6 is 0 Å². The maximum atomic E-state index is 12.2. The molecular weight excluding hydrogens is 378 g/mol. The number of allylic oxidation sites excluding steroid dienone is 2. The Balaban J connectivity index is 1.67. The van der Waals surface area contributed by atoms with Crippen LogP contribution in [-0.2, 0) is 14.4 Å². The summed E-state index contributed by atoms with van der Waals surface area (Å²) in [5.41, 5.74) is 0. The molecule has 0 aromatic rings. The predicted octanol–water partition coefficient (Wildman–Crippen LogP) is 3.32. The Hall–Kier alpha value is -1.85. The molecule has 2 saturated carbocycles. The summed E-state index contributed by atoms with van der Waals surface area (Å²) in [4.78, 5) is 35.2. The lowest BCUT2D eigenvalue weighted by atomic mass is 9.77. The fraction of sp³-hybridized carbons (Fsp3) is 0.792. The van der Waals surface area contributed by atoms with Gasteiger partial charge in [-0.25, -0.2) is 0 Å². The largest absolute Gasteiger partial charge is 0.359 e. The zero-order chi connectivity index (χ0) is 21.8. The van der Waals surface area contributed by atoms with Gasteiger partial charge in [-0.1, -0.05) is 31.9 Å². The SMILES string of the molecule is CCCCCC(=O)NCC(=O)NC[C@H]1[C@H]2CC[C@H](C2)[C@H]1C/C=C\CCCC(=O)NC. The van der Waals surface area contributed by atoms with Crippen molar-refractivity contribution in [2.45, 2.75) is 77.6 Å². The van der Waals surface area contributed by atoms with Gasteiger partial charge in [0.1, 0.15) is 0 Å². The van der Waals surface area contributed by atoms with Crippen molar-refractivity contribution in [3.8, 4) is 0 Å². The van der Waals surface area contributed by atoms with Gasteiger partial charge in [-0.15, -0.1) is 0 Å². The highest BCUT2D eigenvalue weighted by atomic mass is 16.2. The second-order valence-corrected chi connectivity index (χ2v) is 8.97. The minimum absolute atomic E-state index is 0.0297. The minimum Gasteiger partial charge on any atom is -0.359 e. The maximum Gasteiger partial charge on any atom is 0.239 e. The van der Waals surface area contributed by atoms with Crippen LogP contribution in [0.15, 0.2) is 12.2 Å². The van der Waals surface area contributed by atoms with E-state index < -0.39 is 0 Å². The number of fused-ring (bicyclic) bond motifs is 2. The number of rotatable bonds is 14. The third-order valence-corrected chi connectivity index (χ3v) is 6.89. The molecule has 0 spiro atoms. The van der Waals surface area contributed by atoms with E-state index in [-0.39, 0.29) is 24.3 Å². The average molecular weight is 420 g/mol. The number of carbonyl (C=O) groups is 3. The number of nitrogens with one attached hydrogen (secondary N) is 3. The van der Waals surface area contributed by atoms with Crippen LogP contribution < -0.4 is 16.0 Å². The highest BCUT2D eigenvalue weighted by molar-refractivity contribution is 5.84. The lowest BCUT2D eigenvalue weighted by Gasteiger charge is -2.30. The van der Waals surface area contributed by atoms with Crippen molar-refractivity contribution in [1.82, 2.24) is 16.0 Å². The lowest BCUT2D eigenvalue weighted by Crippen LogP contribution is -2.41. The molecule has 0 heterocycles. The Morgan fingerprint density at radius 2 is 1.60 bits per heavy atom. The molecular formula is C24H41N3O3. The van der Waals surface area contributed by atoms with Crippen LogP contribution in [0.1, 0.15) is 77.6 Å². The molecule has 6 heteroatoms. The van der Waals surface area contributed by atoms with Crippen molar-refractivity contribution in [2.24, 2.45) is 23.7 Å². The summed E-state index contributed by atoms with van der Waals surface area (Å²) in [5.74, 6) is 2.69. The molecule has 0 aromatic carbocycles. The zero-order valence-corrected chi connectivity index (χ0v) is 18.9. The van der Waals surface area contributed by atoms with E-state index in [1.165, 1.54) is 19.3 Å². The number of hydrogen-bond acceptors (Lipinski definition) is 3. The number of unbranched alkanes of at least 4 members (excludes halogenated alkanes) is 3. The van der Waals surface area contributed by atoms with E-state index in [0.717, 1.165) is 56.9 Å². The Kier molecular flexibility index (Phi) is 11.0. The molecule has 4 atom stereocenters. The first-order valence-corrected chi connectivity index (χ1v) is 11.9. The molecule has 0 aliphatic heterocycles. The first-order valence-electron chi connectivity index (χ1n) is 11.9. The van der Waals surface area contributed by atoms with Crippen molar-refractivity contribution >= 4 is 17.7 Å². The molecule has 2 fully saturated rings. The van der Waals surface area contributed by atoms with Gasteiger partial charge in [-0.05, 0) is 68.6 Å². The van der Waals surface area contributed by atoms with E-state index in [2.05, 4.69) is 35.0 Å². The summed E-state index contributed by atoms with van der Waals surface area (Å²) in [5, 5.41) is 8.46. The summed E-state index contributed by atoms with van der Waals surface area (Å²) in [6.07, 6.45) is 15.4. The Morgan fingerprint density at radius 3 is 2.33 bits per heavy atom. The second-order valence-electron chi connectivity index (χ2n) is 8.97. The van der Waals surface area contributed by atoms with Crippen LogP contribution in [0.3, 0.4) is 0 Å². The van der Waals surface area contributed by atoms with Gasteiger partial charge >= 0.3 is 0 Å². The Morgan fingerprint density at radius 1 is 0.867 bits per heavy atom. The average Bonchev–Trinajstić information content (AvgIpc) is 3.35. The van der Waals surface area contributed by atoms with Gasteiger partial charge in [0, 0.05) is 26.4 Å². The highest BCUT2D eigenvalue weighted by Crippen LogP contribution is 2.53. The number of hydrogen-bond donors (Lipinski definition) is 3.